The fraction of sp³-hybridized carbons (Fsp3) is 0.300. The number of carboxylic acid groups (broad SMARTS) is 1. The molecule has 7 heteroatoms. The van der Waals surface area contributed by atoms with Gasteiger partial charge in [0.05, 0.1) is 0 Å². The molecule has 0 amide bonds. The van der Waals surface area contributed by atoms with Crippen LogP contribution in [0.4, 0.5) is 4.39 Å². The maximum absolute atomic E-state index is 13.2. The van der Waals surface area contributed by atoms with Gasteiger partial charge in [-0.25, -0.2) is 12.8 Å². The minimum Gasteiger partial charge on any atom is -0.480 e. The minimum atomic E-state index is -3.68. The molecule has 0 fully saturated rings. The lowest BCUT2D eigenvalue weighted by Gasteiger charge is -2.08. The van der Waals surface area contributed by atoms with Crippen LogP contribution in [0.15, 0.2) is 23.1 Å². The van der Waals surface area contributed by atoms with E-state index in [1.807, 2.05) is 0 Å². The Morgan fingerprint density at radius 3 is 2.59 bits per heavy atom. The molecule has 1 aromatic rings. The first kappa shape index (κ1) is 13.6. The van der Waals surface area contributed by atoms with Crippen LogP contribution in [0.3, 0.4) is 0 Å². The standard InChI is InChI=1S/C10H12FNO4S/c1-17(15,16)9-5-6(2-3-7(9)11)4-8(12)10(13)14/h2-3,5,8H,4,12H2,1H3,(H,13,14). The van der Waals surface area contributed by atoms with Crippen LogP contribution in [0.5, 0.6) is 0 Å². The normalized spacial score (nSPS) is 13.4. The largest absolute Gasteiger partial charge is 0.480 e. The van der Waals surface area contributed by atoms with Crippen molar-refractivity contribution in [3.8, 4) is 0 Å². The molecule has 0 aromatic heterocycles. The van der Waals surface area contributed by atoms with Gasteiger partial charge in [0.2, 0.25) is 0 Å². The van der Waals surface area contributed by atoms with Gasteiger partial charge in [0.1, 0.15) is 16.8 Å². The number of carbonyl (C=O) groups is 1. The van der Waals surface area contributed by atoms with Crippen molar-refractivity contribution < 1.29 is 22.7 Å². The fourth-order valence-electron chi connectivity index (χ4n) is 1.30. The number of rotatable bonds is 4. The SMILES string of the molecule is CS(=O)(=O)c1cc(CC(N)C(=O)O)ccc1F. The van der Waals surface area contributed by atoms with Crippen molar-refractivity contribution in [1.82, 2.24) is 0 Å². The van der Waals surface area contributed by atoms with Crippen LogP contribution in [-0.4, -0.2) is 31.8 Å². The highest BCUT2D eigenvalue weighted by atomic mass is 32.2. The molecule has 1 rings (SSSR count). The quantitative estimate of drug-likeness (QED) is 0.806. The predicted molar refractivity (Wildman–Crippen MR) is 58.8 cm³/mol. The first-order chi connectivity index (χ1) is 7.71. The van der Waals surface area contributed by atoms with Crippen molar-refractivity contribution in [3.63, 3.8) is 0 Å². The first-order valence-corrected chi connectivity index (χ1v) is 6.58. The van der Waals surface area contributed by atoms with E-state index in [-0.39, 0.29) is 6.42 Å². The van der Waals surface area contributed by atoms with E-state index in [1.54, 1.807) is 0 Å². The molecule has 17 heavy (non-hydrogen) atoms. The van der Waals surface area contributed by atoms with Gasteiger partial charge in [0, 0.05) is 6.26 Å². The molecular formula is C10H12FNO4S. The summed E-state index contributed by atoms with van der Waals surface area (Å²) >= 11 is 0. The highest BCUT2D eigenvalue weighted by molar-refractivity contribution is 7.90. The zero-order chi connectivity index (χ0) is 13.2. The van der Waals surface area contributed by atoms with E-state index in [0.717, 1.165) is 18.4 Å². The van der Waals surface area contributed by atoms with Crippen LogP contribution in [0.1, 0.15) is 5.56 Å². The Balaban J connectivity index is 3.10. The molecule has 0 saturated carbocycles. The molecule has 0 heterocycles. The molecule has 1 aromatic carbocycles. The molecule has 1 atom stereocenters. The van der Waals surface area contributed by atoms with E-state index < -0.39 is 32.6 Å². The average molecular weight is 261 g/mol. The zero-order valence-corrected chi connectivity index (χ0v) is 9.87. The Labute approximate surface area is 98.0 Å². The molecule has 0 aliphatic rings. The number of carboxylic acids is 1. The molecule has 0 aliphatic carbocycles. The predicted octanol–water partition coefficient (Wildman–Crippen LogP) is 0.184. The molecule has 0 saturated heterocycles. The Morgan fingerprint density at radius 2 is 2.12 bits per heavy atom. The van der Waals surface area contributed by atoms with E-state index >= 15 is 0 Å². The van der Waals surface area contributed by atoms with E-state index in [2.05, 4.69) is 0 Å². The van der Waals surface area contributed by atoms with Crippen LogP contribution >= 0.6 is 0 Å². The third kappa shape index (κ3) is 3.50. The van der Waals surface area contributed by atoms with Crippen LogP contribution in [0.25, 0.3) is 0 Å². The van der Waals surface area contributed by atoms with Gasteiger partial charge in [-0.15, -0.1) is 0 Å². The van der Waals surface area contributed by atoms with Gasteiger partial charge >= 0.3 is 5.97 Å². The lowest BCUT2D eigenvalue weighted by Crippen LogP contribution is -2.32. The number of hydrogen-bond acceptors (Lipinski definition) is 4. The van der Waals surface area contributed by atoms with Crippen molar-refractivity contribution in [3.05, 3.63) is 29.6 Å². The molecular weight excluding hydrogens is 249 g/mol. The topological polar surface area (TPSA) is 97.5 Å². The molecule has 1 unspecified atom stereocenters. The van der Waals surface area contributed by atoms with Gasteiger partial charge in [-0.2, -0.15) is 0 Å². The summed E-state index contributed by atoms with van der Waals surface area (Å²) in [4.78, 5) is 10.1. The number of sulfone groups is 1. The van der Waals surface area contributed by atoms with E-state index in [4.69, 9.17) is 10.8 Å². The summed E-state index contributed by atoms with van der Waals surface area (Å²) in [7, 11) is -3.68. The molecule has 5 nitrogen and oxygen atoms in total. The van der Waals surface area contributed by atoms with Crippen LogP contribution in [-0.2, 0) is 21.1 Å². The summed E-state index contributed by atoms with van der Waals surface area (Å²) in [5.74, 6) is -2.06. The highest BCUT2D eigenvalue weighted by Gasteiger charge is 2.17. The average Bonchev–Trinajstić information content (AvgIpc) is 2.19. The Hall–Kier alpha value is -1.47. The molecule has 0 radical (unpaired) electrons. The molecule has 0 aliphatic heterocycles. The van der Waals surface area contributed by atoms with Crippen LogP contribution in [0.2, 0.25) is 0 Å². The van der Waals surface area contributed by atoms with Crippen molar-refractivity contribution >= 4 is 15.8 Å². The summed E-state index contributed by atoms with van der Waals surface area (Å²) in [6.45, 7) is 0. The van der Waals surface area contributed by atoms with Crippen molar-refractivity contribution in [2.75, 3.05) is 6.26 Å². The van der Waals surface area contributed by atoms with Crippen molar-refractivity contribution in [2.24, 2.45) is 5.73 Å². The number of hydrogen-bond donors (Lipinski definition) is 2. The molecule has 0 bridgehead atoms. The Morgan fingerprint density at radius 1 is 1.53 bits per heavy atom. The van der Waals surface area contributed by atoms with Gasteiger partial charge in [0.15, 0.2) is 9.84 Å². The second kappa shape index (κ2) is 4.80. The Kier molecular flexibility index (Phi) is 3.84. The van der Waals surface area contributed by atoms with Gasteiger partial charge in [-0.1, -0.05) is 6.07 Å². The second-order valence-corrected chi connectivity index (χ2v) is 5.67. The minimum absolute atomic E-state index is 0.0574. The number of aliphatic carboxylic acids is 1. The monoisotopic (exact) mass is 261 g/mol. The van der Waals surface area contributed by atoms with Crippen molar-refractivity contribution in [1.29, 1.82) is 0 Å². The number of benzene rings is 1. The van der Waals surface area contributed by atoms with Gasteiger partial charge in [0.25, 0.3) is 0 Å². The summed E-state index contributed by atoms with van der Waals surface area (Å²) < 4.78 is 35.7. The van der Waals surface area contributed by atoms with E-state index in [1.165, 1.54) is 6.07 Å². The number of halogens is 1. The smallest absolute Gasteiger partial charge is 0.320 e. The van der Waals surface area contributed by atoms with Crippen molar-refractivity contribution in [2.45, 2.75) is 17.4 Å². The highest BCUT2D eigenvalue weighted by Crippen LogP contribution is 2.17. The maximum atomic E-state index is 13.2. The molecule has 94 valence electrons. The van der Waals surface area contributed by atoms with Crippen LogP contribution < -0.4 is 5.73 Å². The van der Waals surface area contributed by atoms with E-state index in [0.29, 0.717) is 5.56 Å². The maximum Gasteiger partial charge on any atom is 0.320 e. The lowest BCUT2D eigenvalue weighted by atomic mass is 10.1. The lowest BCUT2D eigenvalue weighted by molar-refractivity contribution is -0.138. The zero-order valence-electron chi connectivity index (χ0n) is 9.05. The summed E-state index contributed by atoms with van der Waals surface area (Å²) in [6, 6.07) is 2.26. The number of nitrogens with two attached hydrogens (primary N) is 1. The Bertz CT molecular complexity index is 541. The summed E-state index contributed by atoms with van der Waals surface area (Å²) in [5.41, 5.74) is 5.67. The van der Waals surface area contributed by atoms with Gasteiger partial charge in [-0.05, 0) is 24.1 Å². The summed E-state index contributed by atoms with van der Waals surface area (Å²) in [6.07, 6.45) is 0.824. The second-order valence-electron chi connectivity index (χ2n) is 3.69. The summed E-state index contributed by atoms with van der Waals surface area (Å²) in [5, 5.41) is 8.61. The van der Waals surface area contributed by atoms with Gasteiger partial charge < -0.3 is 10.8 Å². The third-order valence-corrected chi connectivity index (χ3v) is 3.28. The third-order valence-electron chi connectivity index (χ3n) is 2.17. The van der Waals surface area contributed by atoms with E-state index in [9.17, 15) is 17.6 Å². The molecule has 3 N–H and O–H groups in total. The fourth-order valence-corrected chi connectivity index (χ4v) is 2.09. The molecule has 0 spiro atoms. The van der Waals surface area contributed by atoms with Gasteiger partial charge in [-0.3, -0.25) is 4.79 Å². The van der Waals surface area contributed by atoms with Crippen LogP contribution in [0, 0.1) is 5.82 Å². The first-order valence-electron chi connectivity index (χ1n) is 4.68.